The molecule has 1 unspecified atom stereocenters. The molecule has 0 saturated carbocycles. The summed E-state index contributed by atoms with van der Waals surface area (Å²) >= 11 is 4.73. The molecule has 4 rings (SSSR count). The summed E-state index contributed by atoms with van der Waals surface area (Å²) in [7, 11) is 0. The van der Waals surface area contributed by atoms with Crippen LogP contribution < -0.4 is 24.4 Å². The molecule has 0 saturated heterocycles. The van der Waals surface area contributed by atoms with E-state index < -0.39 is 12.0 Å². The Kier molecular flexibility index (Phi) is 8.11. The van der Waals surface area contributed by atoms with Crippen LogP contribution in [0.2, 0.25) is 0 Å². The van der Waals surface area contributed by atoms with E-state index >= 15 is 0 Å². The van der Waals surface area contributed by atoms with Crippen LogP contribution >= 0.6 is 27.3 Å². The summed E-state index contributed by atoms with van der Waals surface area (Å²) < 4.78 is 20.0. The van der Waals surface area contributed by atoms with Crippen LogP contribution in [0, 0.1) is 0 Å². The fraction of sp³-hybridized carbons (Fsp3) is 0.296. The molecule has 1 atom stereocenters. The Morgan fingerprint density at radius 3 is 2.42 bits per heavy atom. The molecular formula is C27H27BrN2O5S. The Bertz CT molecular complexity index is 1490. The fourth-order valence-electron chi connectivity index (χ4n) is 4.06. The normalized spacial score (nSPS) is 15.4. The first-order valence-corrected chi connectivity index (χ1v) is 13.3. The van der Waals surface area contributed by atoms with Crippen LogP contribution in [0.3, 0.4) is 0 Å². The lowest BCUT2D eigenvalue weighted by Crippen LogP contribution is -2.40. The lowest BCUT2D eigenvalue weighted by atomic mass is 9.95. The van der Waals surface area contributed by atoms with E-state index in [1.165, 1.54) is 11.3 Å². The molecular weight excluding hydrogens is 544 g/mol. The first-order chi connectivity index (χ1) is 17.4. The van der Waals surface area contributed by atoms with Crippen LogP contribution in [0.1, 0.15) is 44.9 Å². The van der Waals surface area contributed by atoms with Crippen molar-refractivity contribution >= 4 is 39.3 Å². The van der Waals surface area contributed by atoms with E-state index in [2.05, 4.69) is 20.9 Å². The number of hydrogen-bond donors (Lipinski definition) is 0. The Hall–Kier alpha value is -3.17. The second-order valence-electron chi connectivity index (χ2n) is 7.93. The zero-order valence-corrected chi connectivity index (χ0v) is 22.9. The maximum absolute atomic E-state index is 13.7. The monoisotopic (exact) mass is 570 g/mol. The number of thiazole rings is 1. The number of fused-ring (bicyclic) bond motifs is 1. The third-order valence-electron chi connectivity index (χ3n) is 5.57. The molecule has 0 bridgehead atoms. The van der Waals surface area contributed by atoms with E-state index in [0.29, 0.717) is 50.9 Å². The molecule has 0 fully saturated rings. The van der Waals surface area contributed by atoms with Gasteiger partial charge in [0.15, 0.2) is 16.3 Å². The number of nitrogens with zero attached hydrogens (tertiary/aromatic N) is 2. The minimum absolute atomic E-state index is 0.212. The number of rotatable bonds is 8. The van der Waals surface area contributed by atoms with Gasteiger partial charge >= 0.3 is 5.97 Å². The van der Waals surface area contributed by atoms with Crippen molar-refractivity contribution in [3.05, 3.63) is 89.0 Å². The number of benzene rings is 2. The van der Waals surface area contributed by atoms with Crippen molar-refractivity contribution in [2.24, 2.45) is 4.99 Å². The van der Waals surface area contributed by atoms with Crippen LogP contribution in [0.5, 0.6) is 11.5 Å². The van der Waals surface area contributed by atoms with Gasteiger partial charge in [-0.15, -0.1) is 0 Å². The van der Waals surface area contributed by atoms with Crippen LogP contribution in [-0.4, -0.2) is 30.4 Å². The largest absolute Gasteiger partial charge is 0.490 e. The number of halogens is 1. The first kappa shape index (κ1) is 25.9. The van der Waals surface area contributed by atoms with Gasteiger partial charge in [0.1, 0.15) is 0 Å². The van der Waals surface area contributed by atoms with Crippen LogP contribution in [0.25, 0.3) is 6.08 Å². The molecule has 1 aliphatic rings. The number of allylic oxidation sites excluding steroid dienone is 1. The zero-order chi connectivity index (χ0) is 25.8. The molecule has 188 valence electrons. The van der Waals surface area contributed by atoms with Crippen molar-refractivity contribution in [1.82, 2.24) is 4.57 Å². The van der Waals surface area contributed by atoms with Gasteiger partial charge in [0.25, 0.3) is 5.56 Å². The van der Waals surface area contributed by atoms with Gasteiger partial charge in [-0.05, 0) is 69.2 Å². The molecule has 0 aliphatic carbocycles. The van der Waals surface area contributed by atoms with Crippen molar-refractivity contribution in [3.8, 4) is 11.5 Å². The van der Waals surface area contributed by atoms with Gasteiger partial charge in [0, 0.05) is 4.47 Å². The average molecular weight is 571 g/mol. The second-order valence-corrected chi connectivity index (χ2v) is 9.85. The molecule has 2 aromatic carbocycles. The Morgan fingerprint density at radius 2 is 1.75 bits per heavy atom. The highest BCUT2D eigenvalue weighted by Gasteiger charge is 2.34. The van der Waals surface area contributed by atoms with Crippen LogP contribution in [0.4, 0.5) is 0 Å². The van der Waals surface area contributed by atoms with E-state index in [-0.39, 0.29) is 12.2 Å². The number of carbonyl (C=O) groups is 1. The first-order valence-electron chi connectivity index (χ1n) is 11.7. The van der Waals surface area contributed by atoms with E-state index in [0.717, 1.165) is 10.0 Å². The lowest BCUT2D eigenvalue weighted by molar-refractivity contribution is -0.139. The number of hydrogen-bond acceptors (Lipinski definition) is 7. The molecule has 0 radical (unpaired) electrons. The summed E-state index contributed by atoms with van der Waals surface area (Å²) in [6.45, 7) is 8.45. The summed E-state index contributed by atoms with van der Waals surface area (Å²) in [6.07, 6.45) is 1.83. The van der Waals surface area contributed by atoms with E-state index in [9.17, 15) is 9.59 Å². The third-order valence-corrected chi connectivity index (χ3v) is 7.08. The maximum Gasteiger partial charge on any atom is 0.338 e. The summed E-state index contributed by atoms with van der Waals surface area (Å²) in [5.74, 6) is 0.647. The predicted molar refractivity (Wildman–Crippen MR) is 143 cm³/mol. The molecule has 0 amide bonds. The van der Waals surface area contributed by atoms with E-state index in [4.69, 9.17) is 14.2 Å². The number of ether oxygens (including phenoxy) is 3. The number of carbonyl (C=O) groups excluding carboxylic acids is 1. The van der Waals surface area contributed by atoms with Gasteiger partial charge in [-0.2, -0.15) is 0 Å². The number of aromatic nitrogens is 1. The van der Waals surface area contributed by atoms with Crippen LogP contribution in [-0.2, 0) is 9.53 Å². The van der Waals surface area contributed by atoms with E-state index in [1.54, 1.807) is 24.5 Å². The molecule has 36 heavy (non-hydrogen) atoms. The summed E-state index contributed by atoms with van der Waals surface area (Å²) in [6, 6.07) is 12.5. The van der Waals surface area contributed by atoms with E-state index in [1.807, 2.05) is 56.3 Å². The summed E-state index contributed by atoms with van der Waals surface area (Å²) in [5, 5.41) is 0. The minimum Gasteiger partial charge on any atom is -0.490 e. The van der Waals surface area contributed by atoms with Crippen molar-refractivity contribution in [1.29, 1.82) is 0 Å². The third kappa shape index (κ3) is 5.17. The molecule has 7 nitrogen and oxygen atoms in total. The SMILES string of the molecule is CCOC(=O)C1=C(C)N=c2sc(=Cc3ccc(Br)cc3)c(=O)n2C1c1ccc(OCC)c(OCC)c1. The fourth-order valence-corrected chi connectivity index (χ4v) is 5.37. The van der Waals surface area contributed by atoms with Crippen molar-refractivity contribution in [2.75, 3.05) is 19.8 Å². The lowest BCUT2D eigenvalue weighted by Gasteiger charge is -2.25. The molecule has 9 heteroatoms. The van der Waals surface area contributed by atoms with Gasteiger partial charge in [-0.1, -0.05) is 45.5 Å². The zero-order valence-electron chi connectivity index (χ0n) is 20.5. The molecule has 2 heterocycles. The van der Waals surface area contributed by atoms with Gasteiger partial charge in [-0.25, -0.2) is 9.79 Å². The highest BCUT2D eigenvalue weighted by Crippen LogP contribution is 2.36. The minimum atomic E-state index is -0.720. The van der Waals surface area contributed by atoms with Crippen molar-refractivity contribution in [3.63, 3.8) is 0 Å². The van der Waals surface area contributed by atoms with Crippen molar-refractivity contribution < 1.29 is 19.0 Å². The standard InChI is InChI=1S/C27H27BrN2O5S/c1-5-33-20-13-10-18(15-21(20)34-6-2)24-23(26(32)35-7-3)16(4)29-27-30(24)25(31)22(36-27)14-17-8-11-19(28)12-9-17/h8-15,24H,5-7H2,1-4H3. The average Bonchev–Trinajstić information content (AvgIpc) is 3.15. The Morgan fingerprint density at radius 1 is 1.06 bits per heavy atom. The predicted octanol–water partition coefficient (Wildman–Crippen LogP) is 4.36. The molecule has 1 aliphatic heterocycles. The quantitative estimate of drug-likeness (QED) is 0.376. The summed E-state index contributed by atoms with van der Waals surface area (Å²) in [4.78, 5) is 32.0. The summed E-state index contributed by atoms with van der Waals surface area (Å²) in [5.41, 5.74) is 2.21. The molecule has 0 spiro atoms. The molecule has 3 aromatic rings. The maximum atomic E-state index is 13.7. The highest BCUT2D eigenvalue weighted by atomic mass is 79.9. The Labute approximate surface area is 221 Å². The number of esters is 1. The van der Waals surface area contributed by atoms with Gasteiger partial charge in [-0.3, -0.25) is 9.36 Å². The molecule has 1 aromatic heterocycles. The van der Waals surface area contributed by atoms with Gasteiger partial charge in [0.05, 0.1) is 41.7 Å². The smallest absolute Gasteiger partial charge is 0.338 e. The topological polar surface area (TPSA) is 79.1 Å². The van der Waals surface area contributed by atoms with Gasteiger partial charge < -0.3 is 14.2 Å². The van der Waals surface area contributed by atoms with Crippen molar-refractivity contribution in [2.45, 2.75) is 33.7 Å². The Balaban J connectivity index is 1.94. The van der Waals surface area contributed by atoms with Crippen LogP contribution in [0.15, 0.2) is 68.0 Å². The second kappa shape index (κ2) is 11.3. The molecule has 0 N–H and O–H groups in total. The highest BCUT2D eigenvalue weighted by molar-refractivity contribution is 9.10. The van der Waals surface area contributed by atoms with Gasteiger partial charge in [0.2, 0.25) is 0 Å².